The number of aliphatic hydroxyl groups is 1. The number of aromatic nitrogens is 1. The van der Waals surface area contributed by atoms with Crippen LogP contribution in [0.2, 0.25) is 0 Å². The van der Waals surface area contributed by atoms with Gasteiger partial charge >= 0.3 is 0 Å². The Labute approximate surface area is 221 Å². The first-order valence-corrected chi connectivity index (χ1v) is 14.2. The second-order valence-corrected chi connectivity index (χ2v) is 12.3. The number of anilines is 1. The van der Waals surface area contributed by atoms with E-state index in [4.69, 9.17) is 0 Å². The van der Waals surface area contributed by atoms with Crippen molar-refractivity contribution in [1.82, 2.24) is 14.4 Å². The minimum absolute atomic E-state index is 0.136. The van der Waals surface area contributed by atoms with Crippen molar-refractivity contribution in [2.24, 2.45) is 11.3 Å². The van der Waals surface area contributed by atoms with Crippen LogP contribution in [-0.2, 0) is 11.3 Å². The van der Waals surface area contributed by atoms with Crippen molar-refractivity contribution in [1.29, 1.82) is 0 Å². The minimum Gasteiger partial charge on any atom is -0.387 e. The fraction of sp³-hybridized carbons (Fsp3) is 0.759. The zero-order valence-electron chi connectivity index (χ0n) is 23.3. The van der Waals surface area contributed by atoms with Gasteiger partial charge in [0.2, 0.25) is 5.91 Å². The van der Waals surface area contributed by atoms with Gasteiger partial charge in [0, 0.05) is 65.4 Å². The number of hydrogen-bond acceptors (Lipinski definition) is 5. The van der Waals surface area contributed by atoms with E-state index in [-0.39, 0.29) is 23.9 Å². The monoisotopic (exact) mass is 514 g/mol. The fourth-order valence-corrected chi connectivity index (χ4v) is 7.02. The van der Waals surface area contributed by atoms with E-state index in [1.54, 1.807) is 25.2 Å². The van der Waals surface area contributed by atoms with Crippen LogP contribution in [0, 0.1) is 11.3 Å². The molecule has 3 aliphatic rings. The minimum atomic E-state index is -1.11. The number of rotatable bonds is 7. The van der Waals surface area contributed by atoms with Gasteiger partial charge in [-0.25, -0.2) is 0 Å². The molecule has 1 saturated heterocycles. The molecule has 1 spiro atoms. The van der Waals surface area contributed by atoms with Crippen LogP contribution in [-0.4, -0.2) is 78.2 Å². The van der Waals surface area contributed by atoms with Crippen LogP contribution in [0.25, 0.3) is 0 Å². The van der Waals surface area contributed by atoms with Gasteiger partial charge in [-0.15, -0.1) is 0 Å². The van der Waals surface area contributed by atoms with Crippen LogP contribution in [0.15, 0.2) is 17.1 Å². The molecule has 0 bridgehead atoms. The van der Waals surface area contributed by atoms with Gasteiger partial charge in [0.25, 0.3) is 11.5 Å². The summed E-state index contributed by atoms with van der Waals surface area (Å²) in [6.45, 7) is 1.20. The molecular weight excluding hydrogens is 468 g/mol. The molecule has 206 valence electrons. The number of amides is 2. The molecule has 4 rings (SSSR count). The third-order valence-corrected chi connectivity index (χ3v) is 9.34. The second-order valence-electron chi connectivity index (χ2n) is 12.3. The van der Waals surface area contributed by atoms with Crippen LogP contribution < -0.4 is 10.5 Å². The largest absolute Gasteiger partial charge is 0.387 e. The predicted molar refractivity (Wildman–Crippen MR) is 146 cm³/mol. The van der Waals surface area contributed by atoms with E-state index in [1.807, 2.05) is 19.0 Å². The van der Waals surface area contributed by atoms with Crippen molar-refractivity contribution in [2.75, 3.05) is 46.2 Å². The number of nitrogens with zero attached hydrogens (tertiary/aromatic N) is 4. The summed E-state index contributed by atoms with van der Waals surface area (Å²) in [5.74, 6) is 0.708. The molecule has 0 aromatic carbocycles. The summed E-state index contributed by atoms with van der Waals surface area (Å²) >= 11 is 0. The number of hydrogen-bond donors (Lipinski definition) is 1. The Morgan fingerprint density at radius 2 is 1.70 bits per heavy atom. The molecule has 1 aromatic heterocycles. The second kappa shape index (κ2) is 11.2. The van der Waals surface area contributed by atoms with Crippen molar-refractivity contribution in [3.63, 3.8) is 0 Å². The van der Waals surface area contributed by atoms with E-state index in [2.05, 4.69) is 0 Å². The van der Waals surface area contributed by atoms with Gasteiger partial charge in [-0.05, 0) is 31.6 Å². The Morgan fingerprint density at radius 1 is 1.03 bits per heavy atom. The van der Waals surface area contributed by atoms with Crippen molar-refractivity contribution in [3.8, 4) is 0 Å². The van der Waals surface area contributed by atoms with Crippen LogP contribution >= 0.6 is 0 Å². The van der Waals surface area contributed by atoms with E-state index < -0.39 is 11.0 Å². The maximum atomic E-state index is 13.2. The first-order chi connectivity index (χ1) is 17.5. The molecule has 1 N–H and O–H groups in total. The average Bonchev–Trinajstić information content (AvgIpc) is 3.35. The van der Waals surface area contributed by atoms with Crippen molar-refractivity contribution in [3.05, 3.63) is 28.2 Å². The lowest BCUT2D eigenvalue weighted by molar-refractivity contribution is -0.160. The van der Waals surface area contributed by atoms with Crippen LogP contribution in [0.5, 0.6) is 0 Å². The molecule has 1 aliphatic heterocycles. The summed E-state index contributed by atoms with van der Waals surface area (Å²) in [6, 6.07) is 1.49. The molecule has 37 heavy (non-hydrogen) atoms. The lowest BCUT2D eigenvalue weighted by Crippen LogP contribution is -2.62. The molecule has 2 heterocycles. The normalized spacial score (nSPS) is 23.9. The summed E-state index contributed by atoms with van der Waals surface area (Å²) < 4.78 is 1.52. The standard InChI is InChI=1S/C29H46N4O4/c1-30(2)24-18-26(35)33(19-23(24)27(36)31(3)4)21-29(37)16-17-32(20-28(29)14-8-9-15-28)25(34)13-12-22-10-6-5-7-11-22/h18-19,22,37H,5-17,20-21H2,1-4H3. The van der Waals surface area contributed by atoms with E-state index >= 15 is 0 Å². The summed E-state index contributed by atoms with van der Waals surface area (Å²) in [5, 5.41) is 12.1. The molecule has 0 radical (unpaired) electrons. The van der Waals surface area contributed by atoms with E-state index in [0.717, 1.165) is 32.1 Å². The van der Waals surface area contributed by atoms with Gasteiger partial charge in [-0.2, -0.15) is 0 Å². The maximum absolute atomic E-state index is 13.2. The third kappa shape index (κ3) is 5.74. The smallest absolute Gasteiger partial charge is 0.256 e. The van der Waals surface area contributed by atoms with Crippen molar-refractivity contribution >= 4 is 17.5 Å². The molecule has 1 unspecified atom stereocenters. The van der Waals surface area contributed by atoms with E-state index in [9.17, 15) is 19.5 Å². The first kappa shape index (κ1) is 27.7. The van der Waals surface area contributed by atoms with E-state index in [0.29, 0.717) is 43.1 Å². The van der Waals surface area contributed by atoms with Gasteiger partial charge in [-0.3, -0.25) is 14.4 Å². The third-order valence-electron chi connectivity index (χ3n) is 9.34. The Hall–Kier alpha value is -2.35. The highest BCUT2D eigenvalue weighted by molar-refractivity contribution is 5.99. The van der Waals surface area contributed by atoms with Gasteiger partial charge < -0.3 is 24.4 Å². The number of carbonyl (C=O) groups excluding carboxylic acids is 2. The van der Waals surface area contributed by atoms with Crippen molar-refractivity contribution in [2.45, 2.75) is 89.2 Å². The summed E-state index contributed by atoms with van der Waals surface area (Å²) in [4.78, 5) is 44.6. The van der Waals surface area contributed by atoms with Crippen molar-refractivity contribution < 1.29 is 14.7 Å². The Balaban J connectivity index is 1.54. The molecule has 2 amide bonds. The topological polar surface area (TPSA) is 86.1 Å². The fourth-order valence-electron chi connectivity index (χ4n) is 7.02. The molecule has 8 heteroatoms. The number of piperidine rings is 1. The Bertz CT molecular complexity index is 1040. The lowest BCUT2D eigenvalue weighted by atomic mass is 9.65. The van der Waals surface area contributed by atoms with Crippen LogP contribution in [0.3, 0.4) is 0 Å². The highest BCUT2D eigenvalue weighted by atomic mass is 16.3. The molecule has 1 atom stereocenters. The first-order valence-electron chi connectivity index (χ1n) is 14.2. The van der Waals surface area contributed by atoms with Gasteiger partial charge in [0.1, 0.15) is 0 Å². The van der Waals surface area contributed by atoms with Gasteiger partial charge in [-0.1, -0.05) is 44.9 Å². The number of likely N-dealkylation sites (tertiary alicyclic amines) is 1. The van der Waals surface area contributed by atoms with Crippen LogP contribution in [0.1, 0.15) is 87.4 Å². The average molecular weight is 515 g/mol. The summed E-state index contributed by atoms with van der Waals surface area (Å²) in [5.41, 5.74) is -0.746. The van der Waals surface area contributed by atoms with Gasteiger partial charge in [0.15, 0.2) is 0 Å². The summed E-state index contributed by atoms with van der Waals surface area (Å²) in [7, 11) is 7.01. The number of pyridine rings is 1. The quantitative estimate of drug-likeness (QED) is 0.602. The molecule has 3 fully saturated rings. The molecule has 2 aliphatic carbocycles. The Kier molecular flexibility index (Phi) is 8.36. The van der Waals surface area contributed by atoms with E-state index in [1.165, 1.54) is 47.6 Å². The predicted octanol–water partition coefficient (Wildman–Crippen LogP) is 3.50. The lowest BCUT2D eigenvalue weighted by Gasteiger charge is -2.52. The maximum Gasteiger partial charge on any atom is 0.256 e. The Morgan fingerprint density at radius 3 is 2.32 bits per heavy atom. The molecule has 8 nitrogen and oxygen atoms in total. The van der Waals surface area contributed by atoms with Crippen LogP contribution in [0.4, 0.5) is 5.69 Å². The number of carbonyl (C=O) groups is 2. The summed E-state index contributed by atoms with van der Waals surface area (Å²) in [6.07, 6.45) is 13.8. The molecular formula is C29H46N4O4. The molecule has 1 aromatic rings. The van der Waals surface area contributed by atoms with Gasteiger partial charge in [0.05, 0.1) is 23.4 Å². The zero-order valence-corrected chi connectivity index (χ0v) is 23.3. The molecule has 2 saturated carbocycles. The highest BCUT2D eigenvalue weighted by Crippen LogP contribution is 2.51. The SMILES string of the molecule is CN(C)C(=O)c1cn(CC2(O)CCN(C(=O)CCC3CCCCC3)CC23CCCC3)c(=O)cc1N(C)C. The zero-order chi connectivity index (χ0) is 26.8. The highest BCUT2D eigenvalue weighted by Gasteiger charge is 2.55.